The van der Waals surface area contributed by atoms with Gasteiger partial charge in [-0.25, -0.2) is 0 Å². The van der Waals surface area contributed by atoms with Crippen LogP contribution in [0, 0.1) is 0 Å². The normalized spacial score (nSPS) is 11.3. The van der Waals surface area contributed by atoms with Crippen molar-refractivity contribution in [1.82, 2.24) is 0 Å². The van der Waals surface area contributed by atoms with Gasteiger partial charge in [-0.1, -0.05) is 0 Å². The van der Waals surface area contributed by atoms with Crippen LogP contribution in [0.25, 0.3) is 0 Å². The number of nitrogens with one attached hydrogen (secondary N) is 1. The summed E-state index contributed by atoms with van der Waals surface area (Å²) in [5.41, 5.74) is 4.83. The van der Waals surface area contributed by atoms with Crippen molar-refractivity contribution in [2.45, 2.75) is 0 Å². The van der Waals surface area contributed by atoms with Crippen LogP contribution < -0.4 is 8.50 Å². The number of azo groups is 1. The van der Waals surface area contributed by atoms with E-state index >= 15 is 0 Å². The average molecular weight is 533 g/mol. The van der Waals surface area contributed by atoms with Crippen molar-refractivity contribution in [2.24, 2.45) is 15.3 Å². The van der Waals surface area contributed by atoms with Crippen LogP contribution in [0.1, 0.15) is 0 Å². The number of anilines is 1. The molecule has 0 aromatic heterocycles. The van der Waals surface area contributed by atoms with Gasteiger partial charge in [-0.05, 0) is 0 Å². The van der Waals surface area contributed by atoms with Crippen LogP contribution in [0.15, 0.2) is 106 Å². The number of para-hydroxylation sites is 1. The van der Waals surface area contributed by atoms with Gasteiger partial charge in [0.1, 0.15) is 0 Å². The minimum absolute atomic E-state index is 0.679. The molecule has 3 aromatic rings. The molecule has 0 saturated heterocycles. The number of hydrazone groups is 1. The molecule has 0 spiro atoms. The average Bonchev–Trinajstić information content (AvgIpc) is 2.70. The van der Waals surface area contributed by atoms with Gasteiger partial charge in [-0.15, -0.1) is 0 Å². The Labute approximate surface area is 162 Å². The first kappa shape index (κ1) is 17.8. The molecule has 0 aliphatic carbocycles. The monoisotopic (exact) mass is 534 g/mol. The quantitative estimate of drug-likeness (QED) is 0.161. The van der Waals surface area contributed by atoms with Gasteiger partial charge in [0.2, 0.25) is 0 Å². The van der Waals surface area contributed by atoms with E-state index in [2.05, 4.69) is 45.0 Å². The first-order valence-corrected chi connectivity index (χ1v) is 18.4. The topological polar surface area (TPSA) is 49.1 Å². The summed E-state index contributed by atoms with van der Waals surface area (Å²) in [6.07, 6.45) is 0. The molecule has 0 aliphatic heterocycles. The molecule has 0 aliphatic rings. The van der Waals surface area contributed by atoms with Crippen molar-refractivity contribution in [3.05, 3.63) is 91.0 Å². The number of rotatable bonds is 5. The van der Waals surface area contributed by atoms with Crippen LogP contribution in [0.4, 0.5) is 11.4 Å². The zero-order valence-corrected chi connectivity index (χ0v) is 19.9. The van der Waals surface area contributed by atoms with E-state index in [9.17, 15) is 0 Å². The first-order chi connectivity index (χ1) is 12.4. The van der Waals surface area contributed by atoms with Gasteiger partial charge in [-0.3, -0.25) is 0 Å². The Bertz CT molecular complexity index is 824. The molecule has 3 rings (SSSR count). The molecule has 0 heterocycles. The zero-order valence-electron chi connectivity index (χ0n) is 13.6. The standard InChI is InChI=1S/C13H12N4S.C6H5.Hg/c18-13(16-14-11-7-3-1-4-8-11)17-15-12-9-5-2-6-10-12;1-2-4-6-5-3-1;/h1-10,14H,(H,16,18);1-5H;/q;;+1/p-1. The van der Waals surface area contributed by atoms with Crippen LogP contribution in [0.5, 0.6) is 0 Å². The van der Waals surface area contributed by atoms with Crippen molar-refractivity contribution in [1.29, 1.82) is 0 Å². The molecule has 0 saturated carbocycles. The van der Waals surface area contributed by atoms with Gasteiger partial charge in [0.15, 0.2) is 0 Å². The van der Waals surface area contributed by atoms with Gasteiger partial charge in [0, 0.05) is 0 Å². The fraction of sp³-hybridized carbons (Fsp3) is 0. The molecule has 4 nitrogen and oxygen atoms in total. The van der Waals surface area contributed by atoms with Crippen LogP contribution >= 0.6 is 8.24 Å². The molecule has 0 radical (unpaired) electrons. The predicted octanol–water partition coefficient (Wildman–Crippen LogP) is 5.21. The van der Waals surface area contributed by atoms with Gasteiger partial charge < -0.3 is 0 Å². The van der Waals surface area contributed by atoms with Gasteiger partial charge >= 0.3 is 163 Å². The maximum absolute atomic E-state index is 4.45. The Hall–Kier alpha value is -1.98. The third-order valence-corrected chi connectivity index (χ3v) is 14.6. The molecule has 120 valence electrons. The summed E-state index contributed by atoms with van der Waals surface area (Å²) < 4.78 is 1.44. The van der Waals surface area contributed by atoms with E-state index < -0.39 is 23.1 Å². The van der Waals surface area contributed by atoms with E-state index in [0.717, 1.165) is 11.4 Å². The molecular formula is C19H16HgN4S. The summed E-state index contributed by atoms with van der Waals surface area (Å²) in [7, 11) is 1.76. The summed E-state index contributed by atoms with van der Waals surface area (Å²) in [6.45, 7) is 0. The Morgan fingerprint density at radius 2 is 1.36 bits per heavy atom. The van der Waals surface area contributed by atoms with Crippen LogP contribution in [0.3, 0.4) is 0 Å². The molecule has 3 aromatic carbocycles. The van der Waals surface area contributed by atoms with E-state index in [1.165, 1.54) is 3.07 Å². The van der Waals surface area contributed by atoms with E-state index in [1.54, 1.807) is 8.24 Å². The summed E-state index contributed by atoms with van der Waals surface area (Å²) in [5.74, 6) is 0. The Balaban J connectivity index is 1.71. The molecule has 6 heteroatoms. The molecule has 0 unspecified atom stereocenters. The number of amidine groups is 1. The van der Waals surface area contributed by atoms with Crippen molar-refractivity contribution >= 4 is 27.9 Å². The van der Waals surface area contributed by atoms with Crippen molar-refractivity contribution in [2.75, 3.05) is 5.43 Å². The van der Waals surface area contributed by atoms with Crippen LogP contribution in [0.2, 0.25) is 0 Å². The third kappa shape index (κ3) is 6.44. The molecule has 25 heavy (non-hydrogen) atoms. The summed E-state index contributed by atoms with van der Waals surface area (Å²) >= 11 is -1.38. The molecular weight excluding hydrogens is 517 g/mol. The van der Waals surface area contributed by atoms with E-state index in [4.69, 9.17) is 0 Å². The second kappa shape index (κ2) is 10.1. The maximum atomic E-state index is 4.45. The fourth-order valence-electron chi connectivity index (χ4n) is 2.03. The van der Waals surface area contributed by atoms with E-state index in [0.29, 0.717) is 5.17 Å². The minimum atomic E-state index is -1.38. The molecule has 0 fully saturated rings. The summed E-state index contributed by atoms with van der Waals surface area (Å²) in [5, 5.41) is 13.8. The third-order valence-electron chi connectivity index (χ3n) is 3.27. The number of benzene rings is 3. The summed E-state index contributed by atoms with van der Waals surface area (Å²) in [6, 6.07) is 30.2. The summed E-state index contributed by atoms with van der Waals surface area (Å²) in [4.78, 5) is 0. The molecule has 0 atom stereocenters. The van der Waals surface area contributed by atoms with Crippen molar-refractivity contribution < 1.29 is 23.1 Å². The van der Waals surface area contributed by atoms with E-state index in [1.807, 2.05) is 66.7 Å². The van der Waals surface area contributed by atoms with Gasteiger partial charge in [0.25, 0.3) is 0 Å². The second-order valence-corrected chi connectivity index (χ2v) is 16.0. The molecule has 1 N–H and O–H groups in total. The molecule has 0 amide bonds. The van der Waals surface area contributed by atoms with Gasteiger partial charge in [0.05, 0.1) is 0 Å². The Kier molecular flexibility index (Phi) is 7.21. The van der Waals surface area contributed by atoms with E-state index in [-0.39, 0.29) is 0 Å². The number of nitrogens with zero attached hydrogens (tertiary/aromatic N) is 3. The molecule has 0 bridgehead atoms. The van der Waals surface area contributed by atoms with Gasteiger partial charge in [-0.2, -0.15) is 0 Å². The second-order valence-electron chi connectivity index (χ2n) is 5.18. The Morgan fingerprint density at radius 3 is 2.04 bits per heavy atom. The van der Waals surface area contributed by atoms with Crippen LogP contribution in [-0.4, -0.2) is 5.17 Å². The number of hydrogen-bond acceptors (Lipinski definition) is 4. The van der Waals surface area contributed by atoms with Crippen molar-refractivity contribution in [3.8, 4) is 0 Å². The number of hydrogen-bond donors (Lipinski definition) is 1. The van der Waals surface area contributed by atoms with Crippen molar-refractivity contribution in [3.63, 3.8) is 0 Å². The van der Waals surface area contributed by atoms with Crippen LogP contribution in [-0.2, 0) is 23.1 Å². The first-order valence-electron chi connectivity index (χ1n) is 7.92. The SMILES string of the molecule is c1ccc(N=N/C(=N/Nc2ccccc2)[S][Hg][c]2ccccc2)cc1. The predicted molar refractivity (Wildman–Crippen MR) is 102 cm³/mol. The zero-order chi connectivity index (χ0) is 17.2. The fourth-order valence-corrected chi connectivity index (χ4v) is 10.9. The Morgan fingerprint density at radius 1 is 0.760 bits per heavy atom.